The van der Waals surface area contributed by atoms with Crippen LogP contribution in [0.4, 0.5) is 0 Å². The van der Waals surface area contributed by atoms with Crippen molar-refractivity contribution in [3.63, 3.8) is 0 Å². The van der Waals surface area contributed by atoms with Gasteiger partial charge in [-0.3, -0.25) is 4.79 Å². The SMILES string of the molecule is CC(C)n1cc(Cl)cc1C(=O)NCC(C)(O)CO. The zero-order valence-electron chi connectivity index (χ0n) is 10.8. The molecule has 3 N–H and O–H groups in total. The molecular weight excluding hydrogens is 256 g/mol. The van der Waals surface area contributed by atoms with E-state index in [0.29, 0.717) is 10.7 Å². The van der Waals surface area contributed by atoms with Crippen molar-refractivity contribution in [2.45, 2.75) is 32.4 Å². The molecule has 1 heterocycles. The van der Waals surface area contributed by atoms with E-state index < -0.39 is 12.2 Å². The van der Waals surface area contributed by atoms with Gasteiger partial charge < -0.3 is 20.1 Å². The maximum Gasteiger partial charge on any atom is 0.268 e. The van der Waals surface area contributed by atoms with Crippen molar-refractivity contribution in [1.82, 2.24) is 9.88 Å². The van der Waals surface area contributed by atoms with E-state index in [0.717, 1.165) is 0 Å². The molecule has 0 fully saturated rings. The van der Waals surface area contributed by atoms with Crippen LogP contribution < -0.4 is 5.32 Å². The number of aliphatic hydroxyl groups is 2. The van der Waals surface area contributed by atoms with Crippen LogP contribution in [-0.2, 0) is 0 Å². The highest BCUT2D eigenvalue weighted by Crippen LogP contribution is 2.18. The van der Waals surface area contributed by atoms with Gasteiger partial charge in [0.2, 0.25) is 0 Å². The number of nitrogens with one attached hydrogen (secondary N) is 1. The lowest BCUT2D eigenvalue weighted by molar-refractivity contribution is 0.00312. The van der Waals surface area contributed by atoms with E-state index in [-0.39, 0.29) is 18.5 Å². The average molecular weight is 275 g/mol. The highest BCUT2D eigenvalue weighted by Gasteiger charge is 2.22. The van der Waals surface area contributed by atoms with Gasteiger partial charge in [0, 0.05) is 18.8 Å². The minimum Gasteiger partial charge on any atom is -0.393 e. The van der Waals surface area contributed by atoms with Gasteiger partial charge in [-0.05, 0) is 26.8 Å². The Labute approximate surface area is 111 Å². The topological polar surface area (TPSA) is 74.5 Å². The van der Waals surface area contributed by atoms with Gasteiger partial charge in [-0.2, -0.15) is 0 Å². The van der Waals surface area contributed by atoms with Crippen molar-refractivity contribution in [1.29, 1.82) is 0 Å². The normalized spacial score (nSPS) is 14.6. The summed E-state index contributed by atoms with van der Waals surface area (Å²) in [6.45, 7) is 4.89. The van der Waals surface area contributed by atoms with Crippen LogP contribution in [0.1, 0.15) is 37.3 Å². The Morgan fingerprint density at radius 1 is 1.61 bits per heavy atom. The minimum atomic E-state index is -1.32. The molecule has 1 unspecified atom stereocenters. The zero-order valence-corrected chi connectivity index (χ0v) is 11.5. The summed E-state index contributed by atoms with van der Waals surface area (Å²) < 4.78 is 1.76. The fraction of sp³-hybridized carbons (Fsp3) is 0.583. The maximum atomic E-state index is 12.0. The first kappa shape index (κ1) is 15.0. The number of aromatic nitrogens is 1. The Balaban J connectivity index is 2.79. The van der Waals surface area contributed by atoms with E-state index in [1.807, 2.05) is 13.8 Å². The van der Waals surface area contributed by atoms with Crippen LogP contribution in [0.15, 0.2) is 12.3 Å². The number of rotatable bonds is 5. The molecule has 0 aliphatic rings. The first-order valence-corrected chi connectivity index (χ1v) is 6.13. The fourth-order valence-electron chi connectivity index (χ4n) is 1.47. The second-order valence-corrected chi connectivity index (χ2v) is 5.32. The molecule has 1 atom stereocenters. The number of nitrogens with zero attached hydrogens (tertiary/aromatic N) is 1. The molecule has 1 rings (SSSR count). The number of halogens is 1. The molecule has 0 bridgehead atoms. The largest absolute Gasteiger partial charge is 0.393 e. The molecular formula is C12H19ClN2O3. The lowest BCUT2D eigenvalue weighted by atomic mass is 10.1. The third-order valence-electron chi connectivity index (χ3n) is 2.57. The predicted octanol–water partition coefficient (Wildman–Crippen LogP) is 1.20. The second kappa shape index (κ2) is 5.73. The number of hydrogen-bond donors (Lipinski definition) is 3. The minimum absolute atomic E-state index is 0.0246. The molecule has 1 amide bonds. The van der Waals surface area contributed by atoms with Crippen molar-refractivity contribution in [2.75, 3.05) is 13.2 Å². The standard InChI is InChI=1S/C12H19ClN2O3/c1-8(2)15-5-9(13)4-10(15)11(17)14-6-12(3,18)7-16/h4-5,8,16,18H,6-7H2,1-3H3,(H,14,17). The van der Waals surface area contributed by atoms with Gasteiger partial charge in [0.1, 0.15) is 11.3 Å². The summed E-state index contributed by atoms with van der Waals surface area (Å²) >= 11 is 5.88. The number of aliphatic hydroxyl groups excluding tert-OH is 1. The Bertz CT molecular complexity index is 427. The molecule has 1 aromatic rings. The summed E-state index contributed by atoms with van der Waals surface area (Å²) in [7, 11) is 0. The molecule has 5 nitrogen and oxygen atoms in total. The van der Waals surface area contributed by atoms with E-state index in [4.69, 9.17) is 16.7 Å². The summed E-state index contributed by atoms with van der Waals surface area (Å²) in [5.74, 6) is -0.329. The monoisotopic (exact) mass is 274 g/mol. The molecule has 0 aliphatic carbocycles. The lowest BCUT2D eigenvalue weighted by Gasteiger charge is -2.21. The van der Waals surface area contributed by atoms with E-state index in [2.05, 4.69) is 5.32 Å². The van der Waals surface area contributed by atoms with Crippen LogP contribution in [0.3, 0.4) is 0 Å². The smallest absolute Gasteiger partial charge is 0.268 e. The summed E-state index contributed by atoms with van der Waals surface area (Å²) in [5.41, 5.74) is -0.891. The summed E-state index contributed by atoms with van der Waals surface area (Å²) in [5, 5.41) is 21.6. The van der Waals surface area contributed by atoms with E-state index >= 15 is 0 Å². The molecule has 1 aromatic heterocycles. The molecule has 0 aliphatic heterocycles. The average Bonchev–Trinajstić information content (AvgIpc) is 2.68. The molecule has 0 radical (unpaired) electrons. The van der Waals surface area contributed by atoms with Gasteiger partial charge in [0.05, 0.1) is 11.6 Å². The highest BCUT2D eigenvalue weighted by atomic mass is 35.5. The molecule has 18 heavy (non-hydrogen) atoms. The molecule has 0 spiro atoms. The van der Waals surface area contributed by atoms with E-state index in [1.165, 1.54) is 6.92 Å². The molecule has 0 saturated heterocycles. The Hall–Kier alpha value is -1.04. The van der Waals surface area contributed by atoms with E-state index in [1.54, 1.807) is 16.8 Å². The fourth-order valence-corrected chi connectivity index (χ4v) is 1.68. The van der Waals surface area contributed by atoms with Crippen LogP contribution in [0, 0.1) is 0 Å². The summed E-state index contributed by atoms with van der Waals surface area (Å²) in [4.78, 5) is 12.0. The second-order valence-electron chi connectivity index (χ2n) is 4.88. The first-order chi connectivity index (χ1) is 8.26. The van der Waals surface area contributed by atoms with Crippen molar-refractivity contribution in [2.24, 2.45) is 0 Å². The van der Waals surface area contributed by atoms with Gasteiger partial charge in [0.15, 0.2) is 0 Å². The number of carbonyl (C=O) groups excluding carboxylic acids is 1. The Morgan fingerprint density at radius 2 is 2.22 bits per heavy atom. The van der Waals surface area contributed by atoms with Gasteiger partial charge in [-0.15, -0.1) is 0 Å². The number of amides is 1. The quantitative estimate of drug-likeness (QED) is 0.755. The van der Waals surface area contributed by atoms with Crippen molar-refractivity contribution < 1.29 is 15.0 Å². The van der Waals surface area contributed by atoms with Crippen LogP contribution in [-0.4, -0.2) is 39.4 Å². The Kier molecular flexibility index (Phi) is 4.78. The van der Waals surface area contributed by atoms with Crippen LogP contribution in [0.5, 0.6) is 0 Å². The van der Waals surface area contributed by atoms with Crippen molar-refractivity contribution >= 4 is 17.5 Å². The van der Waals surface area contributed by atoms with Gasteiger partial charge in [-0.25, -0.2) is 0 Å². The summed E-state index contributed by atoms with van der Waals surface area (Å²) in [6, 6.07) is 1.68. The first-order valence-electron chi connectivity index (χ1n) is 5.75. The molecule has 0 saturated carbocycles. The highest BCUT2D eigenvalue weighted by molar-refractivity contribution is 6.31. The third-order valence-corrected chi connectivity index (χ3v) is 2.78. The van der Waals surface area contributed by atoms with E-state index in [9.17, 15) is 9.90 Å². The Morgan fingerprint density at radius 3 is 2.72 bits per heavy atom. The van der Waals surface area contributed by atoms with Crippen LogP contribution >= 0.6 is 11.6 Å². The van der Waals surface area contributed by atoms with Crippen LogP contribution in [0.2, 0.25) is 5.02 Å². The molecule has 0 aromatic carbocycles. The van der Waals surface area contributed by atoms with Crippen LogP contribution in [0.25, 0.3) is 0 Å². The number of carbonyl (C=O) groups is 1. The summed E-state index contributed by atoms with van der Waals surface area (Å²) in [6.07, 6.45) is 1.69. The molecule has 102 valence electrons. The third kappa shape index (κ3) is 3.73. The van der Waals surface area contributed by atoms with Gasteiger partial charge >= 0.3 is 0 Å². The number of hydrogen-bond acceptors (Lipinski definition) is 3. The van der Waals surface area contributed by atoms with Gasteiger partial charge in [0.25, 0.3) is 5.91 Å². The van der Waals surface area contributed by atoms with Gasteiger partial charge in [-0.1, -0.05) is 11.6 Å². The zero-order chi connectivity index (χ0) is 13.9. The van der Waals surface area contributed by atoms with Crippen molar-refractivity contribution in [3.8, 4) is 0 Å². The molecule has 6 heteroatoms. The van der Waals surface area contributed by atoms with Crippen molar-refractivity contribution in [3.05, 3.63) is 23.0 Å². The maximum absolute atomic E-state index is 12.0. The predicted molar refractivity (Wildman–Crippen MR) is 69.9 cm³/mol. The lowest BCUT2D eigenvalue weighted by Crippen LogP contribution is -2.43.